The van der Waals surface area contributed by atoms with E-state index in [0.717, 1.165) is 47.2 Å². The van der Waals surface area contributed by atoms with Crippen LogP contribution in [0.25, 0.3) is 11.1 Å². The van der Waals surface area contributed by atoms with E-state index in [0.29, 0.717) is 5.92 Å². The number of rotatable bonds is 5. The molecular weight excluding hydrogens is 707 g/mol. The first-order valence-corrected chi connectivity index (χ1v) is 20.7. The van der Waals surface area contributed by atoms with Crippen molar-refractivity contribution in [2.24, 2.45) is 11.8 Å². The van der Waals surface area contributed by atoms with Gasteiger partial charge in [-0.1, -0.05) is 124 Å². The van der Waals surface area contributed by atoms with Gasteiger partial charge in [-0.25, -0.2) is 0 Å². The van der Waals surface area contributed by atoms with Crippen LogP contribution in [-0.2, 0) is 5.41 Å². The molecule has 0 spiro atoms. The first-order chi connectivity index (χ1) is 28.3. The van der Waals surface area contributed by atoms with E-state index in [1.165, 1.54) is 61.4 Å². The monoisotopic (exact) mass is 752 g/mol. The number of benzene rings is 6. The van der Waals surface area contributed by atoms with Crippen molar-refractivity contribution in [2.75, 3.05) is 9.80 Å². The lowest BCUT2D eigenvalue weighted by Crippen LogP contribution is -2.51. The van der Waals surface area contributed by atoms with Crippen LogP contribution in [0.1, 0.15) is 51.7 Å². The highest BCUT2D eigenvalue weighted by atomic mass is 16.5. The van der Waals surface area contributed by atoms with Gasteiger partial charge in [0.25, 0.3) is 0 Å². The standard InChI is InChI=1S/C53H45BN2O2/c1-34-15-13-21-44-50(34)54-51-35(2)31-41(33-49(51)58-48-24-14-22-45(52(48)54)56(44)38-18-9-6-10-19-38)55(39-27-25-37(26-28-39)36-16-7-5-8-17-36)40-29-30-47-43(32-40)53(3,4)42-20-11-12-23-46(42)57-47/h5-14,16-30,32-35H,15,31H2,1-4H3. The molecule has 2 aliphatic carbocycles. The third kappa shape index (κ3) is 5.36. The molecule has 58 heavy (non-hydrogen) atoms. The van der Waals surface area contributed by atoms with Crippen molar-refractivity contribution in [3.05, 3.63) is 203 Å². The molecule has 0 aromatic heterocycles. The van der Waals surface area contributed by atoms with E-state index in [1.807, 2.05) is 0 Å². The van der Waals surface area contributed by atoms with Crippen molar-refractivity contribution in [3.8, 4) is 28.4 Å². The van der Waals surface area contributed by atoms with Crippen molar-refractivity contribution >= 4 is 34.9 Å². The maximum Gasteiger partial charge on any atom is 0.247 e. The van der Waals surface area contributed by atoms with Crippen LogP contribution >= 0.6 is 0 Å². The molecule has 3 aliphatic heterocycles. The van der Waals surface area contributed by atoms with Crippen LogP contribution in [0.2, 0.25) is 0 Å². The van der Waals surface area contributed by atoms with E-state index in [2.05, 4.69) is 201 Å². The Hall–Kier alpha value is -6.46. The number of hydrogen-bond acceptors (Lipinski definition) is 4. The fourth-order valence-electron chi connectivity index (χ4n) is 10.3. The van der Waals surface area contributed by atoms with Gasteiger partial charge in [-0.2, -0.15) is 0 Å². The Morgan fingerprint density at radius 2 is 1.33 bits per heavy atom. The fourth-order valence-corrected chi connectivity index (χ4v) is 10.3. The van der Waals surface area contributed by atoms with Gasteiger partial charge in [0, 0.05) is 50.7 Å². The summed E-state index contributed by atoms with van der Waals surface area (Å²) in [6, 6.07) is 52.2. The highest BCUT2D eigenvalue weighted by Gasteiger charge is 2.48. The van der Waals surface area contributed by atoms with Gasteiger partial charge in [-0.3, -0.25) is 0 Å². The summed E-state index contributed by atoms with van der Waals surface area (Å²) in [5.74, 6) is 4.39. The molecule has 282 valence electrons. The second-order valence-electron chi connectivity index (χ2n) is 17.0. The van der Waals surface area contributed by atoms with Crippen LogP contribution in [0.4, 0.5) is 22.7 Å². The number of para-hydroxylation sites is 2. The summed E-state index contributed by atoms with van der Waals surface area (Å²) < 4.78 is 13.7. The lowest BCUT2D eigenvalue weighted by atomic mass is 9.29. The highest BCUT2D eigenvalue weighted by Crippen LogP contribution is 2.52. The average Bonchev–Trinajstić information content (AvgIpc) is 3.25. The van der Waals surface area contributed by atoms with Crippen LogP contribution in [0, 0.1) is 11.8 Å². The fraction of sp³-hybridized carbons (Fsp3) is 0.170. The summed E-state index contributed by atoms with van der Waals surface area (Å²) in [4.78, 5) is 4.91. The molecule has 5 heteroatoms. The van der Waals surface area contributed by atoms with E-state index < -0.39 is 0 Å². The van der Waals surface area contributed by atoms with Gasteiger partial charge in [0.2, 0.25) is 6.71 Å². The zero-order valence-corrected chi connectivity index (χ0v) is 33.4. The molecule has 0 radical (unpaired) electrons. The molecule has 6 aromatic rings. The molecule has 0 N–H and O–H groups in total. The van der Waals surface area contributed by atoms with Gasteiger partial charge >= 0.3 is 0 Å². The van der Waals surface area contributed by atoms with Crippen LogP contribution in [0.3, 0.4) is 0 Å². The van der Waals surface area contributed by atoms with Gasteiger partial charge in [-0.05, 0) is 120 Å². The molecule has 0 saturated carbocycles. The average molecular weight is 753 g/mol. The minimum Gasteiger partial charge on any atom is -0.459 e. The Labute approximate surface area is 342 Å². The SMILES string of the molecule is CC1CC(N(c2ccc(-c3ccccc3)cc2)c2ccc3c(c2)C(C)(C)c2ccccc2O3)=CC2=C1B1C3=C(C=CCC3C)N(c3ccccc3)c3cccc(c31)O2. The summed E-state index contributed by atoms with van der Waals surface area (Å²) in [5.41, 5.74) is 15.8. The number of anilines is 4. The number of fused-ring (bicyclic) bond motifs is 4. The first-order valence-electron chi connectivity index (χ1n) is 20.7. The van der Waals surface area contributed by atoms with Crippen molar-refractivity contribution in [1.82, 2.24) is 0 Å². The van der Waals surface area contributed by atoms with E-state index in [4.69, 9.17) is 9.47 Å². The Balaban J connectivity index is 1.07. The molecule has 0 saturated heterocycles. The van der Waals surface area contributed by atoms with Gasteiger partial charge in [-0.15, -0.1) is 0 Å². The molecule has 6 aromatic carbocycles. The Bertz CT molecular complexity index is 2750. The minimum absolute atomic E-state index is 0.151. The molecule has 11 rings (SSSR count). The van der Waals surface area contributed by atoms with E-state index in [1.54, 1.807) is 0 Å². The minimum atomic E-state index is -0.244. The van der Waals surface area contributed by atoms with Crippen molar-refractivity contribution in [2.45, 2.75) is 46.0 Å². The van der Waals surface area contributed by atoms with E-state index >= 15 is 0 Å². The maximum absolute atomic E-state index is 7.13. The topological polar surface area (TPSA) is 24.9 Å². The molecule has 0 fully saturated rings. The summed E-state index contributed by atoms with van der Waals surface area (Å²) in [6.45, 7) is 9.58. The smallest absolute Gasteiger partial charge is 0.247 e. The lowest BCUT2D eigenvalue weighted by molar-refractivity contribution is 0.418. The first kappa shape index (κ1) is 34.8. The van der Waals surface area contributed by atoms with E-state index in [9.17, 15) is 0 Å². The maximum atomic E-state index is 7.13. The quantitative estimate of drug-likeness (QED) is 0.164. The third-order valence-electron chi connectivity index (χ3n) is 13.1. The molecule has 5 aliphatic rings. The summed E-state index contributed by atoms with van der Waals surface area (Å²) in [7, 11) is 0. The summed E-state index contributed by atoms with van der Waals surface area (Å²) >= 11 is 0. The molecule has 0 bridgehead atoms. The predicted molar refractivity (Wildman–Crippen MR) is 239 cm³/mol. The zero-order valence-electron chi connectivity index (χ0n) is 33.4. The molecule has 3 heterocycles. The van der Waals surface area contributed by atoms with Gasteiger partial charge in [0.15, 0.2) is 0 Å². The summed E-state index contributed by atoms with van der Waals surface area (Å²) in [6.07, 6.45) is 8.97. The number of ether oxygens (including phenoxy) is 2. The Morgan fingerprint density at radius 3 is 2.14 bits per heavy atom. The second kappa shape index (κ2) is 13.3. The lowest BCUT2D eigenvalue weighted by Gasteiger charge is -2.46. The molecule has 4 nitrogen and oxygen atoms in total. The normalized spacial score (nSPS) is 19.5. The third-order valence-corrected chi connectivity index (χ3v) is 13.1. The van der Waals surface area contributed by atoms with E-state index in [-0.39, 0.29) is 18.0 Å². The number of nitrogens with zero attached hydrogens (tertiary/aromatic N) is 2. The zero-order chi connectivity index (χ0) is 39.1. The second-order valence-corrected chi connectivity index (χ2v) is 17.0. The van der Waals surface area contributed by atoms with Gasteiger partial charge in [0.1, 0.15) is 23.0 Å². The molecule has 2 unspecified atom stereocenters. The Morgan fingerprint density at radius 1 is 0.638 bits per heavy atom. The largest absolute Gasteiger partial charge is 0.459 e. The van der Waals surface area contributed by atoms with Gasteiger partial charge < -0.3 is 19.3 Å². The van der Waals surface area contributed by atoms with Crippen LogP contribution < -0.4 is 24.7 Å². The van der Waals surface area contributed by atoms with Crippen molar-refractivity contribution in [3.63, 3.8) is 0 Å². The van der Waals surface area contributed by atoms with Crippen LogP contribution in [-0.4, -0.2) is 6.71 Å². The van der Waals surface area contributed by atoms with Crippen molar-refractivity contribution < 1.29 is 9.47 Å². The Kier molecular flexibility index (Phi) is 7.98. The van der Waals surface area contributed by atoms with Crippen LogP contribution in [0.15, 0.2) is 192 Å². The van der Waals surface area contributed by atoms with Crippen LogP contribution in [0.5, 0.6) is 17.2 Å². The highest BCUT2D eigenvalue weighted by molar-refractivity contribution is 6.89. The number of allylic oxidation sites excluding steroid dienone is 6. The summed E-state index contributed by atoms with van der Waals surface area (Å²) in [5, 5.41) is 0. The number of hydrogen-bond donors (Lipinski definition) is 0. The molecular formula is C53H45BN2O2. The predicted octanol–water partition coefficient (Wildman–Crippen LogP) is 13.0. The molecule has 2 atom stereocenters. The van der Waals surface area contributed by atoms with Gasteiger partial charge in [0.05, 0.1) is 0 Å². The van der Waals surface area contributed by atoms with Crippen molar-refractivity contribution in [1.29, 1.82) is 0 Å². The molecule has 0 amide bonds.